The van der Waals surface area contributed by atoms with Gasteiger partial charge in [0.15, 0.2) is 5.75 Å². The summed E-state index contributed by atoms with van der Waals surface area (Å²) in [6.07, 6.45) is 1.36. The largest absolute Gasteiger partial charge is 0.421 e. The van der Waals surface area contributed by atoms with Crippen molar-refractivity contribution in [3.63, 3.8) is 0 Å². The number of carbonyl (C=O) groups excluding carboxylic acids is 3. The fraction of sp³-hybridized carbons (Fsp3) is 0.0345. The first kappa shape index (κ1) is 29.5. The number of halogens is 4. The van der Waals surface area contributed by atoms with E-state index in [1.165, 1.54) is 24.4 Å². The summed E-state index contributed by atoms with van der Waals surface area (Å²) in [5.41, 5.74) is 5.07. The van der Waals surface area contributed by atoms with Gasteiger partial charge in [0.1, 0.15) is 0 Å². The van der Waals surface area contributed by atoms with Crippen LogP contribution in [0.15, 0.2) is 92.9 Å². The summed E-state index contributed by atoms with van der Waals surface area (Å²) in [4.78, 5) is 38.1. The zero-order valence-corrected chi connectivity index (χ0v) is 25.4. The molecule has 0 spiro atoms. The number of hydrazone groups is 1. The van der Waals surface area contributed by atoms with Crippen molar-refractivity contribution in [1.29, 1.82) is 0 Å². The number of rotatable bonds is 7. The van der Waals surface area contributed by atoms with Crippen LogP contribution >= 0.6 is 55.1 Å². The minimum Gasteiger partial charge on any atom is -0.421 e. The predicted octanol–water partition coefficient (Wildman–Crippen LogP) is 8.06. The topological polar surface area (TPSA) is 96.9 Å². The van der Waals surface area contributed by atoms with Gasteiger partial charge in [0, 0.05) is 26.3 Å². The lowest BCUT2D eigenvalue weighted by Crippen LogP contribution is -2.18. The number of hydrogen-bond donors (Lipinski definition) is 2. The summed E-state index contributed by atoms with van der Waals surface area (Å²) >= 11 is 18.8. The molecular formula is C29H19Br2Cl2N3O4. The number of ether oxygens (including phenoxy) is 1. The average Bonchev–Trinajstić information content (AvgIpc) is 2.90. The number of carbonyl (C=O) groups is 3. The van der Waals surface area contributed by atoms with Crippen LogP contribution < -0.4 is 15.5 Å². The molecule has 4 aromatic rings. The number of nitrogens with zero attached hydrogens (tertiary/aromatic N) is 1. The molecule has 4 rings (SSSR count). The number of amides is 2. The Labute approximate surface area is 256 Å². The molecular weight excluding hydrogens is 685 g/mol. The molecule has 0 atom stereocenters. The highest BCUT2D eigenvalue weighted by atomic mass is 79.9. The molecule has 202 valence electrons. The van der Waals surface area contributed by atoms with Crippen LogP contribution in [-0.4, -0.2) is 24.0 Å². The third kappa shape index (κ3) is 7.57. The lowest BCUT2D eigenvalue weighted by atomic mass is 10.1. The van der Waals surface area contributed by atoms with E-state index in [2.05, 4.69) is 47.7 Å². The van der Waals surface area contributed by atoms with Crippen LogP contribution in [0.3, 0.4) is 0 Å². The second-order valence-corrected chi connectivity index (χ2v) is 11.0. The normalized spacial score (nSPS) is 10.8. The van der Waals surface area contributed by atoms with E-state index in [-0.39, 0.29) is 21.9 Å². The molecule has 0 aromatic heterocycles. The van der Waals surface area contributed by atoms with E-state index in [4.69, 9.17) is 27.9 Å². The van der Waals surface area contributed by atoms with E-state index in [0.29, 0.717) is 30.8 Å². The second-order valence-electron chi connectivity index (χ2n) is 8.42. The fourth-order valence-electron chi connectivity index (χ4n) is 3.54. The number of benzene rings is 4. The smallest absolute Gasteiger partial charge is 0.343 e. The zero-order chi connectivity index (χ0) is 28.8. The highest BCUT2D eigenvalue weighted by Gasteiger charge is 2.16. The lowest BCUT2D eigenvalue weighted by Gasteiger charge is -2.11. The third-order valence-electron chi connectivity index (χ3n) is 5.41. The van der Waals surface area contributed by atoms with E-state index in [0.717, 1.165) is 5.56 Å². The molecule has 0 bridgehead atoms. The van der Waals surface area contributed by atoms with Crippen molar-refractivity contribution in [2.24, 2.45) is 5.10 Å². The van der Waals surface area contributed by atoms with Crippen molar-refractivity contribution in [2.75, 3.05) is 5.32 Å². The quantitative estimate of drug-likeness (QED) is 0.0881. The highest BCUT2D eigenvalue weighted by Crippen LogP contribution is 2.33. The standard InChI is InChI=1S/C29H19Br2Cl2N3O4/c1-16-4-2-6-18(10-16)29(39)40-26-19(11-20(30)13-24(26)31)15-34-36-27(37)17-5-3-7-22(12-17)35-28(38)23-9-8-21(32)14-25(23)33/h2-15H,1H3,(H,35,38)(H,36,37). The van der Waals surface area contributed by atoms with E-state index >= 15 is 0 Å². The average molecular weight is 704 g/mol. The van der Waals surface area contributed by atoms with Gasteiger partial charge in [-0.1, -0.05) is 62.9 Å². The summed E-state index contributed by atoms with van der Waals surface area (Å²) in [6.45, 7) is 1.88. The molecule has 11 heteroatoms. The Morgan fingerprint density at radius 3 is 2.38 bits per heavy atom. The molecule has 0 saturated carbocycles. The summed E-state index contributed by atoms with van der Waals surface area (Å²) in [6, 6.07) is 21.3. The molecule has 4 aromatic carbocycles. The number of esters is 1. The Bertz CT molecular complexity index is 1660. The van der Waals surface area contributed by atoms with Crippen molar-refractivity contribution in [2.45, 2.75) is 6.92 Å². The van der Waals surface area contributed by atoms with Crippen LogP contribution in [0, 0.1) is 6.92 Å². The van der Waals surface area contributed by atoms with E-state index in [1.807, 2.05) is 13.0 Å². The second kappa shape index (κ2) is 13.2. The third-order valence-corrected chi connectivity index (χ3v) is 7.01. The van der Waals surface area contributed by atoms with Crippen molar-refractivity contribution < 1.29 is 19.1 Å². The van der Waals surface area contributed by atoms with Crippen molar-refractivity contribution >= 4 is 84.7 Å². The molecule has 7 nitrogen and oxygen atoms in total. The summed E-state index contributed by atoms with van der Waals surface area (Å²) in [5, 5.41) is 7.36. The maximum atomic E-state index is 12.8. The number of anilines is 1. The van der Waals surface area contributed by atoms with Crippen molar-refractivity contribution in [3.8, 4) is 5.75 Å². The first-order chi connectivity index (χ1) is 19.1. The molecule has 0 aliphatic heterocycles. The number of hydrogen-bond acceptors (Lipinski definition) is 5. The molecule has 0 radical (unpaired) electrons. The molecule has 2 amide bonds. The Hall–Kier alpha value is -3.50. The lowest BCUT2D eigenvalue weighted by molar-refractivity contribution is 0.0732. The van der Waals surface area contributed by atoms with Gasteiger partial charge < -0.3 is 10.1 Å². The van der Waals surface area contributed by atoms with Gasteiger partial charge in [-0.15, -0.1) is 0 Å². The van der Waals surface area contributed by atoms with Crippen LogP contribution in [-0.2, 0) is 0 Å². The zero-order valence-electron chi connectivity index (χ0n) is 20.7. The predicted molar refractivity (Wildman–Crippen MR) is 164 cm³/mol. The molecule has 0 saturated heterocycles. The Morgan fingerprint density at radius 1 is 0.875 bits per heavy atom. The van der Waals surface area contributed by atoms with Gasteiger partial charge in [-0.05, 0) is 83.5 Å². The first-order valence-electron chi connectivity index (χ1n) is 11.6. The molecule has 0 aliphatic rings. The Balaban J connectivity index is 1.47. The maximum absolute atomic E-state index is 12.8. The van der Waals surface area contributed by atoms with Crippen LogP contribution in [0.4, 0.5) is 5.69 Å². The van der Waals surface area contributed by atoms with Crippen molar-refractivity contribution in [1.82, 2.24) is 5.43 Å². The van der Waals surface area contributed by atoms with E-state index in [9.17, 15) is 14.4 Å². The maximum Gasteiger partial charge on any atom is 0.343 e. The minimum atomic E-state index is -0.538. The molecule has 0 fully saturated rings. The fourth-order valence-corrected chi connectivity index (χ4v) is 5.38. The van der Waals surface area contributed by atoms with Gasteiger partial charge in [-0.25, -0.2) is 10.2 Å². The van der Waals surface area contributed by atoms with Gasteiger partial charge in [0.05, 0.1) is 26.8 Å². The summed E-state index contributed by atoms with van der Waals surface area (Å²) in [7, 11) is 0. The number of nitrogens with one attached hydrogen (secondary N) is 2. The Morgan fingerprint density at radius 2 is 1.62 bits per heavy atom. The van der Waals surface area contributed by atoms with E-state index < -0.39 is 17.8 Å². The molecule has 0 heterocycles. The Kier molecular flexibility index (Phi) is 9.76. The summed E-state index contributed by atoms with van der Waals surface area (Å²) < 4.78 is 6.87. The van der Waals surface area contributed by atoms with E-state index in [1.54, 1.807) is 54.6 Å². The summed E-state index contributed by atoms with van der Waals surface area (Å²) in [5.74, 6) is -1.28. The van der Waals surface area contributed by atoms with Gasteiger partial charge in [0.2, 0.25) is 0 Å². The minimum absolute atomic E-state index is 0.205. The van der Waals surface area contributed by atoms with Crippen LogP contribution in [0.25, 0.3) is 0 Å². The number of aryl methyl sites for hydroxylation is 1. The van der Waals surface area contributed by atoms with Crippen molar-refractivity contribution in [3.05, 3.63) is 126 Å². The van der Waals surface area contributed by atoms with Gasteiger partial charge in [-0.2, -0.15) is 5.10 Å². The molecule has 0 aliphatic carbocycles. The first-order valence-corrected chi connectivity index (χ1v) is 13.9. The van der Waals surface area contributed by atoms with Crippen LogP contribution in [0.5, 0.6) is 5.75 Å². The molecule has 0 unspecified atom stereocenters. The molecule has 40 heavy (non-hydrogen) atoms. The SMILES string of the molecule is Cc1cccc(C(=O)Oc2c(Br)cc(Br)cc2C=NNC(=O)c2cccc(NC(=O)c3ccc(Cl)cc3Cl)c2)c1. The van der Waals surface area contributed by atoms with Crippen LogP contribution in [0.2, 0.25) is 10.0 Å². The van der Waals surface area contributed by atoms with Gasteiger partial charge in [0.25, 0.3) is 11.8 Å². The highest BCUT2D eigenvalue weighted by molar-refractivity contribution is 9.11. The van der Waals surface area contributed by atoms with Gasteiger partial charge in [-0.3, -0.25) is 9.59 Å². The monoisotopic (exact) mass is 701 g/mol. The molecule has 2 N–H and O–H groups in total. The van der Waals surface area contributed by atoms with Gasteiger partial charge >= 0.3 is 5.97 Å². The van der Waals surface area contributed by atoms with Crippen LogP contribution in [0.1, 0.15) is 42.2 Å².